The number of nitrogens with one attached hydrogen (secondary N) is 1. The van der Waals surface area contributed by atoms with Crippen LogP contribution >= 0.6 is 0 Å². The van der Waals surface area contributed by atoms with Gasteiger partial charge >= 0.3 is 0 Å². The first-order valence-electron chi connectivity index (χ1n) is 9.50. The summed E-state index contributed by atoms with van der Waals surface area (Å²) in [4.78, 5) is 14.6. The minimum Gasteiger partial charge on any atom is -0.485 e. The molecule has 2 aliphatic rings. The highest BCUT2D eigenvalue weighted by molar-refractivity contribution is 5.78. The molecule has 0 spiro atoms. The van der Waals surface area contributed by atoms with Crippen LogP contribution in [0.4, 0.5) is 0 Å². The maximum absolute atomic E-state index is 12.2. The van der Waals surface area contributed by atoms with Crippen LogP contribution in [0, 0.1) is 0 Å². The van der Waals surface area contributed by atoms with Crippen LogP contribution in [0.5, 0.6) is 5.75 Å². The number of hydrogen-bond donors (Lipinski definition) is 3. The van der Waals surface area contributed by atoms with Gasteiger partial charge in [0.25, 0.3) is 0 Å². The summed E-state index contributed by atoms with van der Waals surface area (Å²) in [5, 5.41) is 13.3. The lowest BCUT2D eigenvalue weighted by molar-refractivity contribution is -0.120. The number of carbonyl (C=O) groups excluding carboxylic acids is 1. The van der Waals surface area contributed by atoms with Crippen LogP contribution in [0.2, 0.25) is 0 Å². The SMILES string of the molecule is CN1CCCC1CCNC(=O)Cc1ccc2c(c1)[C@@H](N)[C@H](O)C(C)(C)O2. The molecular formula is C20H31N3O3. The molecule has 3 atom stereocenters. The predicted molar refractivity (Wildman–Crippen MR) is 101 cm³/mol. The predicted octanol–water partition coefficient (Wildman–Crippen LogP) is 1.36. The number of nitrogens with two attached hydrogens (primary N) is 1. The molecule has 1 unspecified atom stereocenters. The molecule has 0 aliphatic carbocycles. The zero-order chi connectivity index (χ0) is 18.9. The second-order valence-electron chi connectivity index (χ2n) is 8.14. The van der Waals surface area contributed by atoms with Crippen LogP contribution in [0.3, 0.4) is 0 Å². The van der Waals surface area contributed by atoms with Gasteiger partial charge in [-0.3, -0.25) is 4.79 Å². The summed E-state index contributed by atoms with van der Waals surface area (Å²) < 4.78 is 5.86. The van der Waals surface area contributed by atoms with E-state index in [1.807, 2.05) is 32.0 Å². The van der Waals surface area contributed by atoms with Crippen molar-refractivity contribution in [1.82, 2.24) is 10.2 Å². The summed E-state index contributed by atoms with van der Waals surface area (Å²) in [6.07, 6.45) is 2.97. The highest BCUT2D eigenvalue weighted by atomic mass is 16.5. The number of carbonyl (C=O) groups is 1. The van der Waals surface area contributed by atoms with E-state index in [1.165, 1.54) is 12.8 Å². The lowest BCUT2D eigenvalue weighted by Gasteiger charge is -2.40. The van der Waals surface area contributed by atoms with Gasteiger partial charge in [0.05, 0.1) is 12.5 Å². The van der Waals surface area contributed by atoms with Gasteiger partial charge in [0.2, 0.25) is 5.91 Å². The van der Waals surface area contributed by atoms with Crippen LogP contribution in [0.1, 0.15) is 50.3 Å². The van der Waals surface area contributed by atoms with E-state index >= 15 is 0 Å². The number of likely N-dealkylation sites (tertiary alicyclic amines) is 1. The maximum atomic E-state index is 12.2. The van der Waals surface area contributed by atoms with Gasteiger partial charge in [0.15, 0.2) is 0 Å². The molecule has 0 aromatic heterocycles. The molecule has 0 radical (unpaired) electrons. The van der Waals surface area contributed by atoms with Gasteiger partial charge in [-0.05, 0) is 64.4 Å². The number of ether oxygens (including phenoxy) is 1. The Balaban J connectivity index is 1.56. The number of rotatable bonds is 5. The van der Waals surface area contributed by atoms with Gasteiger partial charge in [-0.1, -0.05) is 6.07 Å². The van der Waals surface area contributed by atoms with E-state index in [0.717, 1.165) is 24.1 Å². The molecule has 6 heteroatoms. The van der Waals surface area contributed by atoms with Crippen LogP contribution in [-0.4, -0.2) is 53.8 Å². The van der Waals surface area contributed by atoms with Crippen molar-refractivity contribution in [2.75, 3.05) is 20.1 Å². The Morgan fingerprint density at radius 1 is 1.46 bits per heavy atom. The van der Waals surface area contributed by atoms with Crippen molar-refractivity contribution in [3.8, 4) is 5.75 Å². The molecule has 1 aromatic rings. The highest BCUT2D eigenvalue weighted by Crippen LogP contribution is 2.38. The zero-order valence-corrected chi connectivity index (χ0v) is 16.0. The second kappa shape index (κ2) is 7.55. The molecular weight excluding hydrogens is 330 g/mol. The van der Waals surface area contributed by atoms with E-state index in [2.05, 4.69) is 17.3 Å². The summed E-state index contributed by atoms with van der Waals surface area (Å²) >= 11 is 0. The summed E-state index contributed by atoms with van der Waals surface area (Å²) in [5.41, 5.74) is 7.11. The molecule has 2 heterocycles. The van der Waals surface area contributed by atoms with Gasteiger partial charge in [0.1, 0.15) is 17.5 Å². The smallest absolute Gasteiger partial charge is 0.224 e. The number of amides is 1. The average molecular weight is 361 g/mol. The van der Waals surface area contributed by atoms with E-state index < -0.39 is 17.7 Å². The molecule has 0 bridgehead atoms. The minimum absolute atomic E-state index is 0.0109. The first-order valence-corrected chi connectivity index (χ1v) is 9.50. The average Bonchev–Trinajstić information content (AvgIpc) is 2.99. The Labute approximate surface area is 155 Å². The van der Waals surface area contributed by atoms with Crippen molar-refractivity contribution in [3.63, 3.8) is 0 Å². The molecule has 1 amide bonds. The van der Waals surface area contributed by atoms with E-state index in [9.17, 15) is 9.90 Å². The van der Waals surface area contributed by atoms with Gasteiger partial charge in [0, 0.05) is 18.2 Å². The van der Waals surface area contributed by atoms with Gasteiger partial charge in [-0.25, -0.2) is 0 Å². The molecule has 1 saturated heterocycles. The van der Waals surface area contributed by atoms with Crippen molar-refractivity contribution in [3.05, 3.63) is 29.3 Å². The first kappa shape index (κ1) is 19.1. The lowest BCUT2D eigenvalue weighted by atomic mass is 9.86. The molecule has 6 nitrogen and oxygen atoms in total. The zero-order valence-electron chi connectivity index (χ0n) is 16.0. The third-order valence-corrected chi connectivity index (χ3v) is 5.69. The number of aliphatic hydroxyl groups excluding tert-OH is 1. The van der Waals surface area contributed by atoms with E-state index in [0.29, 0.717) is 24.8 Å². The van der Waals surface area contributed by atoms with Gasteiger partial charge < -0.3 is 25.8 Å². The van der Waals surface area contributed by atoms with Gasteiger partial charge in [-0.15, -0.1) is 0 Å². The molecule has 3 rings (SSSR count). The van der Waals surface area contributed by atoms with Crippen molar-refractivity contribution >= 4 is 5.91 Å². The number of fused-ring (bicyclic) bond motifs is 1. The molecule has 0 saturated carbocycles. The third kappa shape index (κ3) is 4.03. The van der Waals surface area contributed by atoms with Crippen LogP contribution in [0.25, 0.3) is 0 Å². The van der Waals surface area contributed by atoms with Crippen molar-refractivity contribution in [1.29, 1.82) is 0 Å². The summed E-state index contributed by atoms with van der Waals surface area (Å²) in [6.45, 7) is 5.50. The summed E-state index contributed by atoms with van der Waals surface area (Å²) in [5.74, 6) is 0.693. The molecule has 1 fully saturated rings. The van der Waals surface area contributed by atoms with Crippen molar-refractivity contribution in [2.45, 2.75) is 63.3 Å². The molecule has 4 N–H and O–H groups in total. The Hall–Kier alpha value is -1.63. The Kier molecular flexibility index (Phi) is 5.55. The Morgan fingerprint density at radius 2 is 2.23 bits per heavy atom. The van der Waals surface area contributed by atoms with E-state index in [4.69, 9.17) is 10.5 Å². The van der Waals surface area contributed by atoms with E-state index in [1.54, 1.807) is 0 Å². The summed E-state index contributed by atoms with van der Waals surface area (Å²) in [6, 6.07) is 5.68. The summed E-state index contributed by atoms with van der Waals surface area (Å²) in [7, 11) is 2.15. The fourth-order valence-corrected chi connectivity index (χ4v) is 3.98. The molecule has 1 aromatic carbocycles. The topological polar surface area (TPSA) is 87.8 Å². The third-order valence-electron chi connectivity index (χ3n) is 5.69. The van der Waals surface area contributed by atoms with Crippen molar-refractivity contribution < 1.29 is 14.6 Å². The fraction of sp³-hybridized carbons (Fsp3) is 0.650. The van der Waals surface area contributed by atoms with Crippen LogP contribution in [0.15, 0.2) is 18.2 Å². The minimum atomic E-state index is -0.789. The normalized spacial score (nSPS) is 27.7. The molecule has 2 aliphatic heterocycles. The van der Waals surface area contributed by atoms with E-state index in [-0.39, 0.29) is 5.91 Å². The molecule has 26 heavy (non-hydrogen) atoms. The quantitative estimate of drug-likeness (QED) is 0.737. The lowest BCUT2D eigenvalue weighted by Crippen LogP contribution is -2.51. The monoisotopic (exact) mass is 361 g/mol. The van der Waals surface area contributed by atoms with Gasteiger partial charge in [-0.2, -0.15) is 0 Å². The first-order chi connectivity index (χ1) is 12.3. The largest absolute Gasteiger partial charge is 0.485 e. The number of nitrogens with zero attached hydrogens (tertiary/aromatic N) is 1. The van der Waals surface area contributed by atoms with Crippen LogP contribution in [-0.2, 0) is 11.2 Å². The second-order valence-corrected chi connectivity index (χ2v) is 8.14. The Bertz CT molecular complexity index is 662. The Morgan fingerprint density at radius 3 is 2.92 bits per heavy atom. The van der Waals surface area contributed by atoms with Crippen LogP contribution < -0.4 is 15.8 Å². The number of benzene rings is 1. The standard InChI is InChI=1S/C20H31N3O3/c1-20(2)19(25)18(21)15-11-13(6-7-16(15)26-20)12-17(24)22-9-8-14-5-4-10-23(14)3/h6-7,11,14,18-19,25H,4-5,8-10,12,21H2,1-3H3,(H,22,24)/t14?,18-,19+/m1/s1. The molecule has 144 valence electrons. The fourth-order valence-electron chi connectivity index (χ4n) is 3.98. The van der Waals surface area contributed by atoms with Crippen molar-refractivity contribution in [2.24, 2.45) is 5.73 Å². The highest BCUT2D eigenvalue weighted by Gasteiger charge is 2.41. The number of aliphatic hydroxyl groups is 1. The number of hydrogen-bond acceptors (Lipinski definition) is 5. The maximum Gasteiger partial charge on any atom is 0.224 e.